The molecule has 0 aromatic carbocycles. The maximum absolute atomic E-state index is 12.3. The van der Waals surface area contributed by atoms with E-state index in [1.165, 1.54) is 0 Å². The normalized spacial score (nSPS) is 21.5. The van der Waals surface area contributed by atoms with Crippen LogP contribution in [0.3, 0.4) is 0 Å². The molecule has 0 saturated heterocycles. The van der Waals surface area contributed by atoms with Gasteiger partial charge in [-0.15, -0.1) is 0 Å². The Morgan fingerprint density at radius 2 is 2.04 bits per heavy atom. The zero-order chi connectivity index (χ0) is 16.2. The number of pyridine rings is 1. The maximum atomic E-state index is 12.3. The lowest BCUT2D eigenvalue weighted by Crippen LogP contribution is -2.48. The molecule has 0 aliphatic heterocycles. The van der Waals surface area contributed by atoms with Crippen LogP contribution in [0.1, 0.15) is 34.7 Å². The van der Waals surface area contributed by atoms with Crippen LogP contribution in [-0.2, 0) is 13.0 Å². The number of carbonyl (C=O) groups is 1. The van der Waals surface area contributed by atoms with E-state index < -0.39 is 0 Å². The lowest BCUT2D eigenvalue weighted by molar-refractivity contribution is 0.0236. The fourth-order valence-corrected chi connectivity index (χ4v) is 2.89. The van der Waals surface area contributed by atoms with Crippen molar-refractivity contribution in [2.45, 2.75) is 38.0 Å². The quantitative estimate of drug-likeness (QED) is 0.746. The van der Waals surface area contributed by atoms with Crippen LogP contribution in [0.25, 0.3) is 0 Å². The van der Waals surface area contributed by atoms with Crippen molar-refractivity contribution in [1.29, 1.82) is 0 Å². The largest absolute Gasteiger partial charge is 0.453 e. The lowest BCUT2D eigenvalue weighted by atomic mass is 9.75. The summed E-state index contributed by atoms with van der Waals surface area (Å²) in [6.07, 6.45) is 5.24. The predicted octanol–water partition coefficient (Wildman–Crippen LogP) is 1.28. The van der Waals surface area contributed by atoms with Crippen LogP contribution in [0.2, 0.25) is 0 Å². The number of rotatable bonds is 6. The third kappa shape index (κ3) is 3.78. The molecule has 122 valence electrons. The second-order valence-corrected chi connectivity index (χ2v) is 5.95. The third-order valence-corrected chi connectivity index (χ3v) is 4.28. The van der Waals surface area contributed by atoms with E-state index in [0.717, 1.165) is 5.56 Å². The molecule has 23 heavy (non-hydrogen) atoms. The Labute approximate surface area is 134 Å². The van der Waals surface area contributed by atoms with Crippen molar-refractivity contribution >= 4 is 5.91 Å². The third-order valence-electron chi connectivity index (χ3n) is 4.28. The predicted molar refractivity (Wildman–Crippen MR) is 82.6 cm³/mol. The first-order valence-corrected chi connectivity index (χ1v) is 7.73. The summed E-state index contributed by atoms with van der Waals surface area (Å²) >= 11 is 0. The average Bonchev–Trinajstić information content (AvgIpc) is 3.01. The maximum Gasteiger partial charge on any atom is 0.287 e. The van der Waals surface area contributed by atoms with Gasteiger partial charge in [0.15, 0.2) is 5.76 Å². The lowest BCUT2D eigenvalue weighted by Gasteiger charge is -2.38. The highest BCUT2D eigenvalue weighted by atomic mass is 16.4. The summed E-state index contributed by atoms with van der Waals surface area (Å²) in [4.78, 5) is 16.3. The van der Waals surface area contributed by atoms with E-state index >= 15 is 0 Å². The molecule has 2 aromatic rings. The molecule has 1 saturated carbocycles. The molecule has 1 aliphatic carbocycles. The highest BCUT2D eigenvalue weighted by Crippen LogP contribution is 2.32. The van der Waals surface area contributed by atoms with Crippen LogP contribution in [-0.4, -0.2) is 33.3 Å². The summed E-state index contributed by atoms with van der Waals surface area (Å²) in [5.74, 6) is 0.494. The molecule has 1 fully saturated rings. The molecule has 0 unspecified atom stereocenters. The zero-order valence-electron chi connectivity index (χ0n) is 12.7. The summed E-state index contributed by atoms with van der Waals surface area (Å²) in [5.41, 5.74) is 1.09. The van der Waals surface area contributed by atoms with Gasteiger partial charge >= 0.3 is 0 Å². The molecule has 3 rings (SSSR count). The van der Waals surface area contributed by atoms with E-state index in [1.807, 2.05) is 12.1 Å². The van der Waals surface area contributed by atoms with Gasteiger partial charge in [0.1, 0.15) is 12.4 Å². The number of aliphatic hydroxyl groups excluding tert-OH is 2. The molecule has 2 heterocycles. The van der Waals surface area contributed by atoms with Crippen molar-refractivity contribution in [3.05, 3.63) is 53.7 Å². The minimum atomic E-state index is -0.301. The summed E-state index contributed by atoms with van der Waals surface area (Å²) in [6, 6.07) is 6.91. The second kappa shape index (κ2) is 6.93. The fourth-order valence-electron chi connectivity index (χ4n) is 2.89. The average molecular weight is 316 g/mol. The van der Waals surface area contributed by atoms with Crippen LogP contribution in [0.4, 0.5) is 0 Å². The first kappa shape index (κ1) is 15.7. The van der Waals surface area contributed by atoms with Crippen LogP contribution in [0.15, 0.2) is 41.1 Å². The Kier molecular flexibility index (Phi) is 4.73. The highest BCUT2D eigenvalue weighted by molar-refractivity contribution is 5.91. The molecule has 1 amide bonds. The van der Waals surface area contributed by atoms with Crippen molar-refractivity contribution in [2.24, 2.45) is 5.92 Å². The van der Waals surface area contributed by atoms with Gasteiger partial charge in [0, 0.05) is 18.4 Å². The van der Waals surface area contributed by atoms with Gasteiger partial charge in [-0.1, -0.05) is 0 Å². The SMILES string of the molecule is O=C(N[C@@H](Cc1ccncc1)C1CC(O)C1)c1ccc(CO)o1. The summed E-state index contributed by atoms with van der Waals surface area (Å²) in [5, 5.41) is 21.6. The standard InChI is InChI=1S/C17H20N2O4/c20-10-14-1-2-16(23-14)17(22)19-15(12-8-13(21)9-12)7-11-3-5-18-6-4-11/h1-6,12-13,15,20-21H,7-10H2,(H,19,22)/t12?,13?,15-/m0/s1. The van der Waals surface area contributed by atoms with E-state index in [-0.39, 0.29) is 36.3 Å². The summed E-state index contributed by atoms with van der Waals surface area (Å²) in [7, 11) is 0. The summed E-state index contributed by atoms with van der Waals surface area (Å²) in [6.45, 7) is -0.234. The molecule has 0 radical (unpaired) electrons. The van der Waals surface area contributed by atoms with Gasteiger partial charge < -0.3 is 19.9 Å². The van der Waals surface area contributed by atoms with Gasteiger partial charge in [0.25, 0.3) is 5.91 Å². The number of nitrogens with one attached hydrogen (secondary N) is 1. The minimum absolute atomic E-state index is 0.0732. The Bertz CT molecular complexity index is 650. The van der Waals surface area contributed by atoms with Crippen LogP contribution in [0, 0.1) is 5.92 Å². The minimum Gasteiger partial charge on any atom is -0.453 e. The molecule has 1 atom stereocenters. The number of aromatic nitrogens is 1. The first-order valence-electron chi connectivity index (χ1n) is 7.73. The van der Waals surface area contributed by atoms with E-state index in [1.54, 1.807) is 24.5 Å². The van der Waals surface area contributed by atoms with Crippen LogP contribution < -0.4 is 5.32 Å². The number of nitrogens with zero attached hydrogens (tertiary/aromatic N) is 1. The number of hydrogen-bond acceptors (Lipinski definition) is 5. The van der Waals surface area contributed by atoms with E-state index in [4.69, 9.17) is 9.52 Å². The van der Waals surface area contributed by atoms with Gasteiger partial charge in [-0.25, -0.2) is 0 Å². The van der Waals surface area contributed by atoms with E-state index in [2.05, 4.69) is 10.3 Å². The molecular weight excluding hydrogens is 296 g/mol. The monoisotopic (exact) mass is 316 g/mol. The van der Waals surface area contributed by atoms with Crippen LogP contribution >= 0.6 is 0 Å². The van der Waals surface area contributed by atoms with Crippen molar-refractivity contribution in [1.82, 2.24) is 10.3 Å². The van der Waals surface area contributed by atoms with E-state index in [0.29, 0.717) is 25.0 Å². The fraction of sp³-hybridized carbons (Fsp3) is 0.412. The summed E-state index contributed by atoms with van der Waals surface area (Å²) < 4.78 is 5.28. The van der Waals surface area contributed by atoms with Crippen molar-refractivity contribution < 1.29 is 19.4 Å². The number of furan rings is 1. The Morgan fingerprint density at radius 1 is 1.30 bits per heavy atom. The Morgan fingerprint density at radius 3 is 2.65 bits per heavy atom. The van der Waals surface area contributed by atoms with Gasteiger partial charge in [-0.05, 0) is 55.0 Å². The second-order valence-electron chi connectivity index (χ2n) is 5.95. The van der Waals surface area contributed by atoms with E-state index in [9.17, 15) is 9.90 Å². The topological polar surface area (TPSA) is 95.6 Å². The molecular formula is C17H20N2O4. The van der Waals surface area contributed by atoms with Gasteiger partial charge in [-0.3, -0.25) is 9.78 Å². The molecule has 0 bridgehead atoms. The molecule has 3 N–H and O–H groups in total. The Balaban J connectivity index is 1.69. The first-order chi connectivity index (χ1) is 11.2. The molecule has 1 aliphatic rings. The van der Waals surface area contributed by atoms with Gasteiger partial charge in [0.05, 0.1) is 6.10 Å². The zero-order valence-corrected chi connectivity index (χ0v) is 12.7. The van der Waals surface area contributed by atoms with Crippen molar-refractivity contribution in [3.63, 3.8) is 0 Å². The van der Waals surface area contributed by atoms with Gasteiger partial charge in [-0.2, -0.15) is 0 Å². The number of aliphatic hydroxyl groups is 2. The van der Waals surface area contributed by atoms with Gasteiger partial charge in [0.2, 0.25) is 0 Å². The molecule has 0 spiro atoms. The number of hydrogen-bond donors (Lipinski definition) is 3. The van der Waals surface area contributed by atoms with Crippen molar-refractivity contribution in [3.8, 4) is 0 Å². The number of carbonyl (C=O) groups excluding carboxylic acids is 1. The van der Waals surface area contributed by atoms with Crippen molar-refractivity contribution in [2.75, 3.05) is 0 Å². The smallest absolute Gasteiger partial charge is 0.287 e. The number of amides is 1. The molecule has 6 heteroatoms. The molecule has 6 nitrogen and oxygen atoms in total. The molecule has 2 aromatic heterocycles. The Hall–Kier alpha value is -2.18. The highest BCUT2D eigenvalue weighted by Gasteiger charge is 2.35. The van der Waals surface area contributed by atoms with Crippen LogP contribution in [0.5, 0.6) is 0 Å².